The molecule has 1 heterocycles. The van der Waals surface area contributed by atoms with E-state index >= 15 is 0 Å². The van der Waals surface area contributed by atoms with Gasteiger partial charge >= 0.3 is 0 Å². The van der Waals surface area contributed by atoms with Gasteiger partial charge in [-0.2, -0.15) is 0 Å². The maximum Gasteiger partial charge on any atom is 0.152 e. The van der Waals surface area contributed by atoms with Gasteiger partial charge in [-0.1, -0.05) is 23.7 Å². The Morgan fingerprint density at radius 1 is 1.05 bits per heavy atom. The maximum atomic E-state index is 11.1. The van der Waals surface area contributed by atoms with E-state index < -0.39 is 0 Å². The van der Waals surface area contributed by atoms with Crippen LogP contribution in [0.4, 0.5) is 11.4 Å². The van der Waals surface area contributed by atoms with Gasteiger partial charge in [0.05, 0.1) is 5.52 Å². The smallest absolute Gasteiger partial charge is 0.152 e. The van der Waals surface area contributed by atoms with Crippen molar-refractivity contribution in [1.29, 1.82) is 0 Å². The molecule has 2 aromatic carbocycles. The van der Waals surface area contributed by atoms with Gasteiger partial charge in [0.2, 0.25) is 0 Å². The highest BCUT2D eigenvalue weighted by atomic mass is 35.5. The zero-order chi connectivity index (χ0) is 13.9. The third kappa shape index (κ3) is 2.36. The van der Waals surface area contributed by atoms with Crippen LogP contribution in [0.3, 0.4) is 0 Å². The first-order valence-electron chi connectivity index (χ1n) is 6.13. The molecule has 0 saturated carbocycles. The van der Waals surface area contributed by atoms with Crippen molar-refractivity contribution in [2.24, 2.45) is 0 Å². The molecule has 0 fully saturated rings. The number of aldehydes is 1. The fraction of sp³-hybridized carbons (Fsp3) is 0. The largest absolute Gasteiger partial charge is 0.354 e. The van der Waals surface area contributed by atoms with Gasteiger partial charge in [-0.25, -0.2) is 0 Å². The molecule has 0 radical (unpaired) electrons. The van der Waals surface area contributed by atoms with Crippen molar-refractivity contribution in [3.8, 4) is 0 Å². The molecule has 20 heavy (non-hydrogen) atoms. The van der Waals surface area contributed by atoms with Crippen LogP contribution < -0.4 is 5.32 Å². The SMILES string of the molecule is O=Cc1ccccc1Nc1ccnc2cc(Cl)ccc12. The predicted molar refractivity (Wildman–Crippen MR) is 81.9 cm³/mol. The minimum Gasteiger partial charge on any atom is -0.354 e. The number of anilines is 2. The zero-order valence-corrected chi connectivity index (χ0v) is 11.3. The summed E-state index contributed by atoms with van der Waals surface area (Å²) in [5.74, 6) is 0. The Balaban J connectivity index is 2.09. The molecule has 0 atom stereocenters. The fourth-order valence-electron chi connectivity index (χ4n) is 2.09. The average molecular weight is 283 g/mol. The zero-order valence-electron chi connectivity index (χ0n) is 10.5. The Morgan fingerprint density at radius 3 is 2.75 bits per heavy atom. The molecule has 0 spiro atoms. The highest BCUT2D eigenvalue weighted by Gasteiger charge is 2.05. The molecule has 1 N–H and O–H groups in total. The van der Waals surface area contributed by atoms with Crippen LogP contribution in [-0.4, -0.2) is 11.3 Å². The number of nitrogens with zero attached hydrogens (tertiary/aromatic N) is 1. The van der Waals surface area contributed by atoms with E-state index in [0.29, 0.717) is 10.6 Å². The number of hydrogen-bond acceptors (Lipinski definition) is 3. The molecule has 0 unspecified atom stereocenters. The van der Waals surface area contributed by atoms with Crippen molar-refractivity contribution in [2.45, 2.75) is 0 Å². The third-order valence-corrected chi connectivity index (χ3v) is 3.30. The number of pyridine rings is 1. The van der Waals surface area contributed by atoms with Crippen molar-refractivity contribution in [1.82, 2.24) is 4.98 Å². The topological polar surface area (TPSA) is 42.0 Å². The van der Waals surface area contributed by atoms with Gasteiger partial charge in [-0.15, -0.1) is 0 Å². The van der Waals surface area contributed by atoms with E-state index in [1.807, 2.05) is 42.5 Å². The van der Waals surface area contributed by atoms with Crippen molar-refractivity contribution in [3.63, 3.8) is 0 Å². The number of carbonyl (C=O) groups excluding carboxylic acids is 1. The van der Waals surface area contributed by atoms with Crippen LogP contribution in [0.1, 0.15) is 10.4 Å². The molecule has 1 aromatic heterocycles. The highest BCUT2D eigenvalue weighted by Crippen LogP contribution is 2.27. The number of halogens is 1. The molecule has 0 aliphatic carbocycles. The first kappa shape index (κ1) is 12.6. The minimum absolute atomic E-state index is 0.617. The Morgan fingerprint density at radius 2 is 1.90 bits per heavy atom. The van der Waals surface area contributed by atoms with Crippen LogP contribution in [-0.2, 0) is 0 Å². The highest BCUT2D eigenvalue weighted by molar-refractivity contribution is 6.31. The molecule has 3 nitrogen and oxygen atoms in total. The fourth-order valence-corrected chi connectivity index (χ4v) is 2.26. The molecule has 0 saturated heterocycles. The van der Waals surface area contributed by atoms with Crippen LogP contribution >= 0.6 is 11.6 Å². The number of aromatic nitrogens is 1. The van der Waals surface area contributed by atoms with Crippen LogP contribution in [0.25, 0.3) is 10.9 Å². The second kappa shape index (κ2) is 5.31. The Kier molecular flexibility index (Phi) is 3.35. The number of fused-ring (bicyclic) bond motifs is 1. The second-order valence-corrected chi connectivity index (χ2v) is 4.79. The summed E-state index contributed by atoms with van der Waals surface area (Å²) >= 11 is 5.97. The summed E-state index contributed by atoms with van der Waals surface area (Å²) in [6, 6.07) is 14.8. The van der Waals surface area contributed by atoms with Crippen LogP contribution in [0.15, 0.2) is 54.7 Å². The summed E-state index contributed by atoms with van der Waals surface area (Å²) in [5.41, 5.74) is 3.09. The van der Waals surface area contributed by atoms with E-state index in [2.05, 4.69) is 10.3 Å². The number of benzene rings is 2. The lowest BCUT2D eigenvalue weighted by Crippen LogP contribution is -1.96. The number of carbonyl (C=O) groups is 1. The molecule has 0 aliphatic rings. The molecular weight excluding hydrogens is 272 g/mol. The number of rotatable bonds is 3. The monoisotopic (exact) mass is 282 g/mol. The van der Waals surface area contributed by atoms with Gasteiger partial charge in [0.1, 0.15) is 0 Å². The Bertz CT molecular complexity index is 786. The van der Waals surface area contributed by atoms with Crippen molar-refractivity contribution in [2.75, 3.05) is 5.32 Å². The van der Waals surface area contributed by atoms with E-state index in [0.717, 1.165) is 28.6 Å². The van der Waals surface area contributed by atoms with Gasteiger partial charge in [0.15, 0.2) is 6.29 Å². The minimum atomic E-state index is 0.617. The lowest BCUT2D eigenvalue weighted by atomic mass is 10.1. The molecule has 3 rings (SSSR count). The standard InChI is InChI=1S/C16H11ClN2O/c17-12-5-6-13-15(7-8-18-16(13)9-12)19-14-4-2-1-3-11(14)10-20/h1-10H,(H,18,19). The van der Waals surface area contributed by atoms with Crippen molar-refractivity contribution in [3.05, 3.63) is 65.3 Å². The van der Waals surface area contributed by atoms with Gasteiger partial charge in [-0.3, -0.25) is 9.78 Å². The summed E-state index contributed by atoms with van der Waals surface area (Å²) in [5, 5.41) is 4.88. The summed E-state index contributed by atoms with van der Waals surface area (Å²) in [6.07, 6.45) is 2.55. The van der Waals surface area contributed by atoms with Crippen LogP contribution in [0.2, 0.25) is 5.02 Å². The van der Waals surface area contributed by atoms with E-state index in [1.165, 1.54) is 0 Å². The molecule has 4 heteroatoms. The first-order valence-corrected chi connectivity index (χ1v) is 6.51. The lowest BCUT2D eigenvalue weighted by Gasteiger charge is -2.11. The summed E-state index contributed by atoms with van der Waals surface area (Å²) in [7, 11) is 0. The van der Waals surface area contributed by atoms with Crippen LogP contribution in [0.5, 0.6) is 0 Å². The molecular formula is C16H11ClN2O. The predicted octanol–water partition coefficient (Wildman–Crippen LogP) is 4.44. The second-order valence-electron chi connectivity index (χ2n) is 4.35. The quantitative estimate of drug-likeness (QED) is 0.722. The van der Waals surface area contributed by atoms with Crippen molar-refractivity contribution >= 4 is 40.2 Å². The normalized spacial score (nSPS) is 10.4. The van der Waals surface area contributed by atoms with E-state index in [1.54, 1.807) is 12.3 Å². The molecule has 0 aliphatic heterocycles. The van der Waals surface area contributed by atoms with Gasteiger partial charge in [0, 0.05) is 33.5 Å². The van der Waals surface area contributed by atoms with Gasteiger partial charge in [-0.05, 0) is 36.4 Å². The maximum absolute atomic E-state index is 11.1. The van der Waals surface area contributed by atoms with E-state index in [9.17, 15) is 4.79 Å². The van der Waals surface area contributed by atoms with Gasteiger partial charge in [0.25, 0.3) is 0 Å². The number of hydrogen-bond donors (Lipinski definition) is 1. The molecule has 0 bridgehead atoms. The van der Waals surface area contributed by atoms with Gasteiger partial charge < -0.3 is 5.32 Å². The molecule has 0 amide bonds. The third-order valence-electron chi connectivity index (χ3n) is 3.06. The first-order chi connectivity index (χ1) is 9.78. The lowest BCUT2D eigenvalue weighted by molar-refractivity contribution is 0.112. The van der Waals surface area contributed by atoms with E-state index in [4.69, 9.17) is 11.6 Å². The Labute approximate surface area is 121 Å². The van der Waals surface area contributed by atoms with Crippen molar-refractivity contribution < 1.29 is 4.79 Å². The summed E-state index contributed by atoms with van der Waals surface area (Å²) < 4.78 is 0. The van der Waals surface area contributed by atoms with E-state index in [-0.39, 0.29) is 0 Å². The average Bonchev–Trinajstić information content (AvgIpc) is 2.47. The summed E-state index contributed by atoms with van der Waals surface area (Å²) in [4.78, 5) is 15.3. The molecule has 98 valence electrons. The molecule has 3 aromatic rings. The Hall–Kier alpha value is -2.39. The summed E-state index contributed by atoms with van der Waals surface area (Å²) in [6.45, 7) is 0. The number of nitrogens with one attached hydrogen (secondary N) is 1. The van der Waals surface area contributed by atoms with Crippen LogP contribution in [0, 0.1) is 0 Å². The number of para-hydroxylation sites is 1.